The van der Waals surface area contributed by atoms with E-state index in [1.807, 2.05) is 0 Å². The zero-order valence-electron chi connectivity index (χ0n) is 14.7. The van der Waals surface area contributed by atoms with Crippen molar-refractivity contribution < 1.29 is 22.0 Å². The van der Waals surface area contributed by atoms with E-state index in [2.05, 4.69) is 10.0 Å². The zero-order valence-corrected chi connectivity index (χ0v) is 15.5. The Morgan fingerprint density at radius 3 is 2.41 bits per heavy atom. The minimum Gasteiger partial charge on any atom is -0.359 e. The highest BCUT2D eigenvalue weighted by molar-refractivity contribution is 7.89. The lowest BCUT2D eigenvalue weighted by molar-refractivity contribution is -0.124. The molecule has 1 amide bonds. The lowest BCUT2D eigenvalue weighted by atomic mass is 10.1. The number of nitrogens with one attached hydrogen (secondary N) is 2. The third kappa shape index (κ3) is 4.33. The molecule has 2 N–H and O–H groups in total. The molecule has 0 radical (unpaired) electrons. The minimum atomic E-state index is -3.75. The van der Waals surface area contributed by atoms with Crippen LogP contribution in [-0.4, -0.2) is 27.4 Å². The van der Waals surface area contributed by atoms with Gasteiger partial charge in [-0.2, -0.15) is 0 Å². The standard InChI is InChI=1S/C19H20F2N2O3S/c1-22-19(24)13-2-6-15(10-13)23-27(25,26)16-7-3-12(4-8-16)17-9-5-14(20)11-18(17)21/h3-5,7-9,11,13,15,23H,2,6,10H2,1H3,(H,22,24)/t13-,15+/m1/s1. The van der Waals surface area contributed by atoms with Crippen LogP contribution >= 0.6 is 0 Å². The van der Waals surface area contributed by atoms with E-state index < -0.39 is 21.7 Å². The normalized spacial score (nSPS) is 19.8. The molecule has 0 saturated heterocycles. The Hall–Kier alpha value is -2.32. The summed E-state index contributed by atoms with van der Waals surface area (Å²) >= 11 is 0. The summed E-state index contributed by atoms with van der Waals surface area (Å²) in [5, 5.41) is 2.58. The Balaban J connectivity index is 1.73. The predicted molar refractivity (Wildman–Crippen MR) is 97.3 cm³/mol. The van der Waals surface area contributed by atoms with Gasteiger partial charge in [0, 0.05) is 30.6 Å². The molecule has 1 aliphatic rings. The molecule has 0 aromatic heterocycles. The van der Waals surface area contributed by atoms with Gasteiger partial charge in [-0.05, 0) is 49.1 Å². The maximum Gasteiger partial charge on any atom is 0.240 e. The second-order valence-electron chi connectivity index (χ2n) is 6.59. The molecule has 3 rings (SSSR count). The van der Waals surface area contributed by atoms with Crippen LogP contribution in [0, 0.1) is 17.6 Å². The van der Waals surface area contributed by atoms with Gasteiger partial charge in [0.1, 0.15) is 11.6 Å². The summed E-state index contributed by atoms with van der Waals surface area (Å²) in [5.74, 6) is -1.66. The number of carbonyl (C=O) groups is 1. The van der Waals surface area contributed by atoms with Crippen molar-refractivity contribution in [2.75, 3.05) is 7.05 Å². The van der Waals surface area contributed by atoms with Crippen molar-refractivity contribution in [2.45, 2.75) is 30.2 Å². The Labute approximate surface area is 156 Å². The second kappa shape index (κ2) is 7.74. The van der Waals surface area contributed by atoms with E-state index >= 15 is 0 Å². The van der Waals surface area contributed by atoms with E-state index in [0.717, 1.165) is 12.1 Å². The van der Waals surface area contributed by atoms with Gasteiger partial charge in [0.15, 0.2) is 0 Å². The smallest absolute Gasteiger partial charge is 0.240 e. The lowest BCUT2D eigenvalue weighted by Gasteiger charge is -2.14. The Morgan fingerprint density at radius 1 is 1.07 bits per heavy atom. The molecule has 1 fully saturated rings. The SMILES string of the molecule is CNC(=O)[C@@H]1CC[C@H](NS(=O)(=O)c2ccc(-c3ccc(F)cc3F)cc2)C1. The van der Waals surface area contributed by atoms with Crippen LogP contribution in [0.2, 0.25) is 0 Å². The molecule has 1 aliphatic carbocycles. The van der Waals surface area contributed by atoms with Crippen molar-refractivity contribution in [2.24, 2.45) is 5.92 Å². The Morgan fingerprint density at radius 2 is 1.78 bits per heavy atom. The fourth-order valence-corrected chi connectivity index (χ4v) is 4.64. The van der Waals surface area contributed by atoms with E-state index in [1.165, 1.54) is 30.3 Å². The van der Waals surface area contributed by atoms with Gasteiger partial charge in [-0.1, -0.05) is 12.1 Å². The molecule has 144 valence electrons. The van der Waals surface area contributed by atoms with Crippen LogP contribution in [-0.2, 0) is 14.8 Å². The number of benzene rings is 2. The van der Waals surface area contributed by atoms with Crippen LogP contribution in [0.25, 0.3) is 11.1 Å². The first-order valence-electron chi connectivity index (χ1n) is 8.59. The van der Waals surface area contributed by atoms with Crippen LogP contribution in [0.4, 0.5) is 8.78 Å². The summed E-state index contributed by atoms with van der Waals surface area (Å²) < 4.78 is 54.6. The maximum absolute atomic E-state index is 13.9. The summed E-state index contributed by atoms with van der Waals surface area (Å²) in [6, 6.07) is 8.66. The fraction of sp³-hybridized carbons (Fsp3) is 0.316. The molecule has 0 bridgehead atoms. The minimum absolute atomic E-state index is 0.0529. The quantitative estimate of drug-likeness (QED) is 0.819. The number of hydrogen-bond donors (Lipinski definition) is 2. The van der Waals surface area contributed by atoms with E-state index in [-0.39, 0.29) is 28.3 Å². The highest BCUT2D eigenvalue weighted by atomic mass is 32.2. The molecule has 27 heavy (non-hydrogen) atoms. The van der Waals surface area contributed by atoms with Crippen molar-refractivity contribution in [3.05, 3.63) is 54.1 Å². The van der Waals surface area contributed by atoms with E-state index in [0.29, 0.717) is 24.8 Å². The molecule has 2 atom stereocenters. The third-order valence-corrected chi connectivity index (χ3v) is 6.31. The number of halogens is 2. The van der Waals surface area contributed by atoms with Crippen LogP contribution in [0.15, 0.2) is 47.4 Å². The molecule has 2 aromatic carbocycles. The van der Waals surface area contributed by atoms with Gasteiger partial charge in [0.25, 0.3) is 0 Å². The third-order valence-electron chi connectivity index (χ3n) is 4.78. The van der Waals surface area contributed by atoms with Crippen molar-refractivity contribution >= 4 is 15.9 Å². The first kappa shape index (κ1) is 19.4. The summed E-state index contributed by atoms with van der Waals surface area (Å²) in [7, 11) is -2.19. The molecule has 5 nitrogen and oxygen atoms in total. The lowest BCUT2D eigenvalue weighted by Crippen LogP contribution is -2.34. The molecular formula is C19H20F2N2O3S. The van der Waals surface area contributed by atoms with Gasteiger partial charge < -0.3 is 5.32 Å². The van der Waals surface area contributed by atoms with Gasteiger partial charge in [0.05, 0.1) is 4.90 Å². The van der Waals surface area contributed by atoms with Crippen LogP contribution in [0.5, 0.6) is 0 Å². The van der Waals surface area contributed by atoms with Crippen molar-refractivity contribution in [3.63, 3.8) is 0 Å². The second-order valence-corrected chi connectivity index (χ2v) is 8.30. The number of hydrogen-bond acceptors (Lipinski definition) is 3. The van der Waals surface area contributed by atoms with Gasteiger partial charge in [-0.15, -0.1) is 0 Å². The molecule has 1 saturated carbocycles. The summed E-state index contributed by atoms with van der Waals surface area (Å²) in [4.78, 5) is 11.7. The predicted octanol–water partition coefficient (Wildman–Crippen LogP) is 2.82. The molecule has 0 spiro atoms. The van der Waals surface area contributed by atoms with Crippen molar-refractivity contribution in [1.29, 1.82) is 0 Å². The molecule has 0 aliphatic heterocycles. The van der Waals surface area contributed by atoms with Crippen LogP contribution in [0.3, 0.4) is 0 Å². The molecule has 0 heterocycles. The molecule has 8 heteroatoms. The van der Waals surface area contributed by atoms with Crippen LogP contribution < -0.4 is 10.0 Å². The Kier molecular flexibility index (Phi) is 5.57. The van der Waals surface area contributed by atoms with Crippen molar-refractivity contribution in [3.8, 4) is 11.1 Å². The van der Waals surface area contributed by atoms with E-state index in [4.69, 9.17) is 0 Å². The molecule has 2 aromatic rings. The number of rotatable bonds is 5. The monoisotopic (exact) mass is 394 g/mol. The highest BCUT2D eigenvalue weighted by Gasteiger charge is 2.32. The Bertz CT molecular complexity index is 946. The first-order chi connectivity index (χ1) is 12.8. The van der Waals surface area contributed by atoms with Gasteiger partial charge in [-0.3, -0.25) is 4.79 Å². The van der Waals surface area contributed by atoms with Crippen molar-refractivity contribution in [1.82, 2.24) is 10.0 Å². The average molecular weight is 394 g/mol. The maximum atomic E-state index is 13.9. The van der Waals surface area contributed by atoms with Gasteiger partial charge in [0.2, 0.25) is 15.9 Å². The van der Waals surface area contributed by atoms with Crippen LogP contribution in [0.1, 0.15) is 19.3 Å². The zero-order chi connectivity index (χ0) is 19.6. The number of amides is 1. The molecule has 0 unspecified atom stereocenters. The highest BCUT2D eigenvalue weighted by Crippen LogP contribution is 2.28. The topological polar surface area (TPSA) is 75.3 Å². The largest absolute Gasteiger partial charge is 0.359 e. The fourth-order valence-electron chi connectivity index (χ4n) is 3.36. The summed E-state index contributed by atoms with van der Waals surface area (Å²) in [6.45, 7) is 0. The number of sulfonamides is 1. The van der Waals surface area contributed by atoms with E-state index in [9.17, 15) is 22.0 Å². The molecular weight excluding hydrogens is 374 g/mol. The summed E-state index contributed by atoms with van der Waals surface area (Å²) in [6.07, 6.45) is 1.68. The van der Waals surface area contributed by atoms with Gasteiger partial charge >= 0.3 is 0 Å². The van der Waals surface area contributed by atoms with Gasteiger partial charge in [-0.25, -0.2) is 21.9 Å². The van der Waals surface area contributed by atoms with E-state index in [1.54, 1.807) is 7.05 Å². The average Bonchev–Trinajstić information content (AvgIpc) is 3.09. The first-order valence-corrected chi connectivity index (χ1v) is 10.1. The summed E-state index contributed by atoms with van der Waals surface area (Å²) in [5.41, 5.74) is 0.643. The number of carbonyl (C=O) groups excluding carboxylic acids is 1.